The molecule has 1 aliphatic rings. The van der Waals surface area contributed by atoms with Crippen molar-refractivity contribution in [2.24, 2.45) is 0 Å². The maximum atomic E-state index is 10.9. The summed E-state index contributed by atoms with van der Waals surface area (Å²) in [6.07, 6.45) is 2.25. The van der Waals surface area contributed by atoms with Crippen LogP contribution in [0.15, 0.2) is 12.3 Å². The van der Waals surface area contributed by atoms with Gasteiger partial charge in [-0.15, -0.1) is 0 Å². The van der Waals surface area contributed by atoms with Gasteiger partial charge in [-0.2, -0.15) is 0 Å². The van der Waals surface area contributed by atoms with Crippen LogP contribution in [0.25, 0.3) is 0 Å². The quantitative estimate of drug-likeness (QED) is 0.692. The summed E-state index contributed by atoms with van der Waals surface area (Å²) in [6, 6.07) is 1.63. The van der Waals surface area contributed by atoms with Gasteiger partial charge in [0.25, 0.3) is 0 Å². The molecule has 0 amide bonds. The molecular formula is C10H13N3O3. The number of hydrogen-bond donors (Lipinski definition) is 3. The van der Waals surface area contributed by atoms with Crippen molar-refractivity contribution < 1.29 is 14.6 Å². The largest absolute Gasteiger partial charge is 0.478 e. The molecule has 1 unspecified atom stereocenters. The zero-order chi connectivity index (χ0) is 11.5. The second-order valence-electron chi connectivity index (χ2n) is 3.67. The van der Waals surface area contributed by atoms with E-state index in [1.807, 2.05) is 0 Å². The summed E-state index contributed by atoms with van der Waals surface area (Å²) in [5.74, 6) is -0.535. The molecule has 4 N–H and O–H groups in total. The standard InChI is InChI=1S/C10H13N3O3/c11-8-4-12-9(3-7(8)10(14)15)13-6-1-2-16-5-6/h3-4,6H,1-2,5,11H2,(H,12,13)(H,14,15). The Morgan fingerprint density at radius 3 is 3.12 bits per heavy atom. The molecule has 1 fully saturated rings. The summed E-state index contributed by atoms with van der Waals surface area (Å²) < 4.78 is 5.20. The van der Waals surface area contributed by atoms with Gasteiger partial charge < -0.3 is 20.9 Å². The topological polar surface area (TPSA) is 97.5 Å². The number of rotatable bonds is 3. The van der Waals surface area contributed by atoms with Crippen LogP contribution in [0.3, 0.4) is 0 Å². The minimum absolute atomic E-state index is 0.0661. The van der Waals surface area contributed by atoms with Crippen LogP contribution in [0.5, 0.6) is 0 Å². The molecule has 1 aromatic heterocycles. The molecule has 6 nitrogen and oxygen atoms in total. The summed E-state index contributed by atoms with van der Waals surface area (Å²) in [4.78, 5) is 14.9. The van der Waals surface area contributed by atoms with Gasteiger partial charge in [-0.25, -0.2) is 9.78 Å². The molecule has 1 atom stereocenters. The average Bonchev–Trinajstić information content (AvgIpc) is 2.73. The Morgan fingerprint density at radius 1 is 1.69 bits per heavy atom. The fraction of sp³-hybridized carbons (Fsp3) is 0.400. The molecule has 0 saturated carbocycles. The zero-order valence-electron chi connectivity index (χ0n) is 8.64. The Balaban J connectivity index is 2.15. The Hall–Kier alpha value is -1.82. The molecule has 16 heavy (non-hydrogen) atoms. The third-order valence-corrected chi connectivity index (χ3v) is 2.45. The molecule has 6 heteroatoms. The number of carboxylic acid groups (broad SMARTS) is 1. The second-order valence-corrected chi connectivity index (χ2v) is 3.67. The molecule has 0 aliphatic carbocycles. The first-order chi connectivity index (χ1) is 7.66. The number of aromatic nitrogens is 1. The van der Waals surface area contributed by atoms with Crippen LogP contribution in [0, 0.1) is 0 Å². The first kappa shape index (κ1) is 10.7. The fourth-order valence-electron chi connectivity index (χ4n) is 1.59. The number of nitrogen functional groups attached to an aromatic ring is 1. The molecule has 1 saturated heterocycles. The average molecular weight is 223 g/mol. The van der Waals surface area contributed by atoms with E-state index in [0.29, 0.717) is 12.4 Å². The number of nitrogens with zero attached hydrogens (tertiary/aromatic N) is 1. The fourth-order valence-corrected chi connectivity index (χ4v) is 1.59. The van der Waals surface area contributed by atoms with E-state index in [0.717, 1.165) is 13.0 Å². The number of pyridine rings is 1. The van der Waals surface area contributed by atoms with Crippen molar-refractivity contribution in [2.45, 2.75) is 12.5 Å². The van der Waals surface area contributed by atoms with Crippen LogP contribution in [-0.4, -0.2) is 35.3 Å². The van der Waals surface area contributed by atoms with Gasteiger partial charge in [0.15, 0.2) is 0 Å². The van der Waals surface area contributed by atoms with Gasteiger partial charge in [0.05, 0.1) is 30.1 Å². The molecule has 0 bridgehead atoms. The van der Waals surface area contributed by atoms with E-state index in [2.05, 4.69) is 10.3 Å². The number of anilines is 2. The van der Waals surface area contributed by atoms with Crippen molar-refractivity contribution in [3.8, 4) is 0 Å². The molecule has 0 spiro atoms. The number of ether oxygens (including phenoxy) is 1. The van der Waals surface area contributed by atoms with Gasteiger partial charge in [-0.3, -0.25) is 0 Å². The number of hydrogen-bond acceptors (Lipinski definition) is 5. The normalized spacial score (nSPS) is 19.6. The summed E-state index contributed by atoms with van der Waals surface area (Å²) in [5, 5.41) is 12.0. The van der Waals surface area contributed by atoms with E-state index < -0.39 is 5.97 Å². The Kier molecular flexibility index (Phi) is 2.91. The third kappa shape index (κ3) is 2.22. The van der Waals surface area contributed by atoms with Crippen molar-refractivity contribution in [2.75, 3.05) is 24.3 Å². The number of nitrogens with one attached hydrogen (secondary N) is 1. The van der Waals surface area contributed by atoms with Crippen LogP contribution < -0.4 is 11.1 Å². The van der Waals surface area contributed by atoms with Gasteiger partial charge in [-0.05, 0) is 12.5 Å². The maximum absolute atomic E-state index is 10.9. The lowest BCUT2D eigenvalue weighted by atomic mass is 10.2. The number of carbonyl (C=O) groups is 1. The smallest absolute Gasteiger partial charge is 0.337 e. The van der Waals surface area contributed by atoms with Crippen LogP contribution in [0.4, 0.5) is 11.5 Å². The highest BCUT2D eigenvalue weighted by Crippen LogP contribution is 2.17. The molecular weight excluding hydrogens is 210 g/mol. The summed E-state index contributed by atoms with van der Waals surface area (Å²) in [7, 11) is 0. The van der Waals surface area contributed by atoms with E-state index in [1.165, 1.54) is 12.3 Å². The summed E-state index contributed by atoms with van der Waals surface area (Å²) in [5.41, 5.74) is 5.74. The lowest BCUT2D eigenvalue weighted by molar-refractivity contribution is 0.0698. The highest BCUT2D eigenvalue weighted by Gasteiger charge is 2.17. The van der Waals surface area contributed by atoms with Gasteiger partial charge in [0, 0.05) is 6.61 Å². The van der Waals surface area contributed by atoms with Gasteiger partial charge in [-0.1, -0.05) is 0 Å². The van der Waals surface area contributed by atoms with Crippen LogP contribution in [-0.2, 0) is 4.74 Å². The van der Waals surface area contributed by atoms with Crippen molar-refractivity contribution in [3.05, 3.63) is 17.8 Å². The predicted molar refractivity (Wildman–Crippen MR) is 58.5 cm³/mol. The molecule has 2 heterocycles. The van der Waals surface area contributed by atoms with Gasteiger partial charge in [0.2, 0.25) is 0 Å². The van der Waals surface area contributed by atoms with E-state index in [9.17, 15) is 4.79 Å². The number of carboxylic acids is 1. The van der Waals surface area contributed by atoms with Crippen molar-refractivity contribution >= 4 is 17.5 Å². The molecule has 0 aromatic carbocycles. The molecule has 0 radical (unpaired) electrons. The van der Waals surface area contributed by atoms with Gasteiger partial charge in [0.1, 0.15) is 5.82 Å². The summed E-state index contributed by atoms with van der Waals surface area (Å²) in [6.45, 7) is 1.34. The third-order valence-electron chi connectivity index (χ3n) is 2.45. The molecule has 1 aliphatic heterocycles. The van der Waals surface area contributed by atoms with Crippen molar-refractivity contribution in [1.82, 2.24) is 4.98 Å². The molecule has 1 aromatic rings. The first-order valence-corrected chi connectivity index (χ1v) is 5.00. The Labute approximate surface area is 92.4 Å². The van der Waals surface area contributed by atoms with Crippen LogP contribution in [0.2, 0.25) is 0 Å². The molecule has 2 rings (SSSR count). The molecule has 86 valence electrons. The second kappa shape index (κ2) is 4.36. The number of nitrogens with two attached hydrogens (primary N) is 1. The van der Waals surface area contributed by atoms with E-state index in [1.54, 1.807) is 0 Å². The monoisotopic (exact) mass is 223 g/mol. The van der Waals surface area contributed by atoms with E-state index >= 15 is 0 Å². The van der Waals surface area contributed by atoms with Gasteiger partial charge >= 0.3 is 5.97 Å². The van der Waals surface area contributed by atoms with Crippen molar-refractivity contribution in [1.29, 1.82) is 0 Å². The predicted octanol–water partition coefficient (Wildman–Crippen LogP) is 0.563. The Morgan fingerprint density at radius 2 is 2.50 bits per heavy atom. The first-order valence-electron chi connectivity index (χ1n) is 5.00. The van der Waals surface area contributed by atoms with Crippen LogP contribution >= 0.6 is 0 Å². The highest BCUT2D eigenvalue weighted by molar-refractivity contribution is 5.94. The zero-order valence-corrected chi connectivity index (χ0v) is 8.64. The minimum Gasteiger partial charge on any atom is -0.478 e. The Bertz CT molecular complexity index is 402. The summed E-state index contributed by atoms with van der Waals surface area (Å²) >= 11 is 0. The van der Waals surface area contributed by atoms with E-state index in [4.69, 9.17) is 15.6 Å². The van der Waals surface area contributed by atoms with E-state index in [-0.39, 0.29) is 17.3 Å². The lowest BCUT2D eigenvalue weighted by Crippen LogP contribution is -2.20. The van der Waals surface area contributed by atoms with Crippen molar-refractivity contribution in [3.63, 3.8) is 0 Å². The lowest BCUT2D eigenvalue weighted by Gasteiger charge is -2.12. The minimum atomic E-state index is -1.05. The SMILES string of the molecule is Nc1cnc(NC2CCOC2)cc1C(=O)O. The number of aromatic carboxylic acids is 1. The maximum Gasteiger partial charge on any atom is 0.337 e. The van der Waals surface area contributed by atoms with Crippen LogP contribution in [0.1, 0.15) is 16.8 Å². The highest BCUT2D eigenvalue weighted by atomic mass is 16.5.